The lowest BCUT2D eigenvalue weighted by molar-refractivity contribution is -0.141. The first-order chi connectivity index (χ1) is 11.2. The maximum atomic E-state index is 12.5. The maximum Gasteiger partial charge on any atom is 0.264 e. The molecule has 0 spiro atoms. The average Bonchev–Trinajstić information content (AvgIpc) is 3.15. The summed E-state index contributed by atoms with van der Waals surface area (Å²) in [6, 6.07) is 3.63. The summed E-state index contributed by atoms with van der Waals surface area (Å²) in [5.74, 6) is 0.276. The van der Waals surface area contributed by atoms with E-state index in [0.29, 0.717) is 39.4 Å². The molecule has 3 heterocycles. The monoisotopic (exact) mass is 337 g/mol. The van der Waals surface area contributed by atoms with E-state index in [9.17, 15) is 9.59 Å². The van der Waals surface area contributed by atoms with E-state index >= 15 is 0 Å². The molecule has 2 saturated heterocycles. The lowest BCUT2D eigenvalue weighted by atomic mass is 10.2. The topological polar surface area (TPSA) is 53.1 Å². The Morgan fingerprint density at radius 2 is 1.78 bits per heavy atom. The van der Waals surface area contributed by atoms with Gasteiger partial charge in [-0.1, -0.05) is 6.07 Å². The van der Waals surface area contributed by atoms with Gasteiger partial charge in [-0.25, -0.2) is 0 Å². The molecule has 126 valence electrons. The quantitative estimate of drug-likeness (QED) is 0.817. The Bertz CT molecular complexity index is 535. The van der Waals surface area contributed by atoms with Crippen LogP contribution in [0.5, 0.6) is 0 Å². The molecule has 7 heteroatoms. The summed E-state index contributed by atoms with van der Waals surface area (Å²) in [6.07, 6.45) is 0. The fourth-order valence-corrected chi connectivity index (χ4v) is 3.76. The number of piperazine rings is 1. The van der Waals surface area contributed by atoms with Crippen LogP contribution in [0, 0.1) is 0 Å². The average molecular weight is 337 g/mol. The van der Waals surface area contributed by atoms with Crippen LogP contribution in [-0.2, 0) is 9.53 Å². The van der Waals surface area contributed by atoms with Crippen LogP contribution in [0.1, 0.15) is 16.6 Å². The first kappa shape index (κ1) is 16.4. The lowest BCUT2D eigenvalue weighted by Crippen LogP contribution is -2.56. The van der Waals surface area contributed by atoms with Crippen molar-refractivity contribution in [2.75, 3.05) is 52.5 Å². The SMILES string of the molecule is CC(C(=O)N1CCOCC1)N1CCN(C(=O)c2cccs2)CC1. The van der Waals surface area contributed by atoms with Gasteiger partial charge >= 0.3 is 0 Å². The number of morpholine rings is 1. The van der Waals surface area contributed by atoms with Crippen molar-refractivity contribution in [3.05, 3.63) is 22.4 Å². The molecule has 1 aromatic rings. The molecular formula is C16H23N3O3S. The highest BCUT2D eigenvalue weighted by Gasteiger charge is 2.30. The lowest BCUT2D eigenvalue weighted by Gasteiger charge is -2.39. The number of ether oxygens (including phenoxy) is 1. The van der Waals surface area contributed by atoms with Gasteiger partial charge in [0.1, 0.15) is 0 Å². The largest absolute Gasteiger partial charge is 0.378 e. The number of hydrogen-bond acceptors (Lipinski definition) is 5. The second-order valence-electron chi connectivity index (χ2n) is 5.92. The summed E-state index contributed by atoms with van der Waals surface area (Å²) in [6.45, 7) is 7.43. The van der Waals surface area contributed by atoms with E-state index in [2.05, 4.69) is 4.90 Å². The summed E-state index contributed by atoms with van der Waals surface area (Å²) in [7, 11) is 0. The Kier molecular flexibility index (Phi) is 5.30. The predicted octanol–water partition coefficient (Wildman–Crippen LogP) is 0.753. The number of thiophene rings is 1. The summed E-state index contributed by atoms with van der Waals surface area (Å²) in [5.41, 5.74) is 0. The molecule has 0 aromatic carbocycles. The third-order valence-corrected chi connectivity index (χ3v) is 5.42. The molecule has 2 aliphatic rings. The fraction of sp³-hybridized carbons (Fsp3) is 0.625. The summed E-state index contributed by atoms with van der Waals surface area (Å²) in [4.78, 5) is 31.6. The van der Waals surface area contributed by atoms with Crippen LogP contribution in [0.15, 0.2) is 17.5 Å². The van der Waals surface area contributed by atoms with Gasteiger partial charge < -0.3 is 14.5 Å². The standard InChI is InChI=1S/C16H23N3O3S/c1-13(15(20)19-8-10-22-11-9-19)17-4-6-18(7-5-17)16(21)14-3-2-12-23-14/h2-3,12-13H,4-11H2,1H3. The van der Waals surface area contributed by atoms with E-state index in [1.54, 1.807) is 0 Å². The molecule has 0 saturated carbocycles. The van der Waals surface area contributed by atoms with E-state index in [0.717, 1.165) is 18.0 Å². The van der Waals surface area contributed by atoms with Crippen LogP contribution in [0.2, 0.25) is 0 Å². The molecule has 1 atom stereocenters. The Hall–Kier alpha value is -1.44. The second kappa shape index (κ2) is 7.42. The molecule has 0 N–H and O–H groups in total. The van der Waals surface area contributed by atoms with Crippen LogP contribution < -0.4 is 0 Å². The molecule has 0 radical (unpaired) electrons. The van der Waals surface area contributed by atoms with Crippen LogP contribution in [-0.4, -0.2) is 85.0 Å². The third-order valence-electron chi connectivity index (χ3n) is 4.56. The number of hydrogen-bond donors (Lipinski definition) is 0. The van der Waals surface area contributed by atoms with Gasteiger partial charge in [0, 0.05) is 39.3 Å². The van der Waals surface area contributed by atoms with E-state index in [1.807, 2.05) is 34.2 Å². The van der Waals surface area contributed by atoms with Gasteiger partial charge in [0.25, 0.3) is 5.91 Å². The van der Waals surface area contributed by atoms with Gasteiger partial charge in [-0.3, -0.25) is 14.5 Å². The van der Waals surface area contributed by atoms with Gasteiger partial charge in [0.15, 0.2) is 0 Å². The smallest absolute Gasteiger partial charge is 0.264 e. The van der Waals surface area contributed by atoms with Gasteiger partial charge in [-0.2, -0.15) is 0 Å². The van der Waals surface area contributed by atoms with Crippen molar-refractivity contribution in [2.24, 2.45) is 0 Å². The molecule has 3 rings (SSSR count). The zero-order valence-corrected chi connectivity index (χ0v) is 14.3. The van der Waals surface area contributed by atoms with E-state index < -0.39 is 0 Å². The summed E-state index contributed by atoms with van der Waals surface area (Å²) >= 11 is 1.48. The van der Waals surface area contributed by atoms with Crippen molar-refractivity contribution in [3.8, 4) is 0 Å². The Balaban J connectivity index is 1.51. The minimum Gasteiger partial charge on any atom is -0.378 e. The molecule has 6 nitrogen and oxygen atoms in total. The number of rotatable bonds is 3. The Labute approximate surface area is 140 Å². The predicted molar refractivity (Wildman–Crippen MR) is 88.7 cm³/mol. The fourth-order valence-electron chi connectivity index (χ4n) is 3.07. The van der Waals surface area contributed by atoms with Gasteiger partial charge in [-0.05, 0) is 18.4 Å². The van der Waals surface area contributed by atoms with Gasteiger partial charge in [0.2, 0.25) is 5.91 Å². The summed E-state index contributed by atoms with van der Waals surface area (Å²) in [5, 5.41) is 1.92. The molecule has 0 aliphatic carbocycles. The van der Waals surface area contributed by atoms with Crippen molar-refractivity contribution < 1.29 is 14.3 Å². The van der Waals surface area contributed by atoms with E-state index in [4.69, 9.17) is 4.74 Å². The van der Waals surface area contributed by atoms with Crippen LogP contribution in [0.25, 0.3) is 0 Å². The molecule has 2 aliphatic heterocycles. The number of carbonyl (C=O) groups excluding carboxylic acids is 2. The first-order valence-corrected chi connectivity index (χ1v) is 8.98. The Morgan fingerprint density at radius 3 is 2.39 bits per heavy atom. The molecule has 2 amide bonds. The highest BCUT2D eigenvalue weighted by atomic mass is 32.1. The van der Waals surface area contributed by atoms with Crippen LogP contribution >= 0.6 is 11.3 Å². The van der Waals surface area contributed by atoms with Crippen molar-refractivity contribution >= 4 is 23.2 Å². The van der Waals surface area contributed by atoms with E-state index in [-0.39, 0.29) is 17.9 Å². The zero-order chi connectivity index (χ0) is 16.2. The van der Waals surface area contributed by atoms with Crippen molar-refractivity contribution in [1.29, 1.82) is 0 Å². The normalized spacial score (nSPS) is 21.3. The minimum atomic E-state index is -0.132. The van der Waals surface area contributed by atoms with Crippen molar-refractivity contribution in [3.63, 3.8) is 0 Å². The van der Waals surface area contributed by atoms with Crippen LogP contribution in [0.3, 0.4) is 0 Å². The van der Waals surface area contributed by atoms with Crippen molar-refractivity contribution in [1.82, 2.24) is 14.7 Å². The van der Waals surface area contributed by atoms with Gasteiger partial charge in [0.05, 0.1) is 24.1 Å². The van der Waals surface area contributed by atoms with Gasteiger partial charge in [-0.15, -0.1) is 11.3 Å². The highest BCUT2D eigenvalue weighted by Crippen LogP contribution is 2.15. The second-order valence-corrected chi connectivity index (χ2v) is 6.87. The van der Waals surface area contributed by atoms with Crippen molar-refractivity contribution in [2.45, 2.75) is 13.0 Å². The zero-order valence-electron chi connectivity index (χ0n) is 13.4. The molecule has 0 bridgehead atoms. The minimum absolute atomic E-state index is 0.104. The maximum absolute atomic E-state index is 12.5. The highest BCUT2D eigenvalue weighted by molar-refractivity contribution is 7.12. The number of nitrogens with zero attached hydrogens (tertiary/aromatic N) is 3. The summed E-state index contributed by atoms with van der Waals surface area (Å²) < 4.78 is 5.30. The molecule has 1 unspecified atom stereocenters. The molecule has 23 heavy (non-hydrogen) atoms. The molecular weight excluding hydrogens is 314 g/mol. The molecule has 1 aromatic heterocycles. The third kappa shape index (κ3) is 3.73. The van der Waals surface area contributed by atoms with E-state index in [1.165, 1.54) is 11.3 Å². The molecule has 2 fully saturated rings. The first-order valence-electron chi connectivity index (χ1n) is 8.10. The Morgan fingerprint density at radius 1 is 1.09 bits per heavy atom. The number of carbonyl (C=O) groups is 2. The van der Waals surface area contributed by atoms with Crippen LogP contribution in [0.4, 0.5) is 0 Å². The number of amides is 2.